The molecule has 0 aliphatic rings. The summed E-state index contributed by atoms with van der Waals surface area (Å²) in [6.07, 6.45) is 3.01. The Morgan fingerprint density at radius 1 is 1.21 bits per heavy atom. The summed E-state index contributed by atoms with van der Waals surface area (Å²) >= 11 is 0. The first kappa shape index (κ1) is 22.3. The number of aromatic hydroxyl groups is 1. The highest BCUT2D eigenvalue weighted by molar-refractivity contribution is 5.81. The van der Waals surface area contributed by atoms with Gasteiger partial charge in [0.1, 0.15) is 5.75 Å². The van der Waals surface area contributed by atoms with Crippen LogP contribution in [0.2, 0.25) is 0 Å². The maximum atomic E-state index is 11.8. The number of phenolic OH excluding ortho intramolecular Hbond substituents is 1. The standard InChI is InChI=1S/C23H27NO5/c1-3-18(22(27)23(28)29-4-2)21(26)13-12-16(19-10-7-8-14-24-19)15-17-9-5-6-11-20(17)25/h3,5-11,14-15,18,21-22,25-27H,1,4,12-13H2,2H3/b16-15-/t18-,21-,22+/m1/s1. The number of benzene rings is 1. The zero-order valence-electron chi connectivity index (χ0n) is 16.4. The topological polar surface area (TPSA) is 99.9 Å². The number of aliphatic hydroxyl groups excluding tert-OH is 2. The lowest BCUT2D eigenvalue weighted by molar-refractivity contribution is -0.157. The molecule has 6 nitrogen and oxygen atoms in total. The number of aliphatic hydroxyl groups is 2. The van der Waals surface area contributed by atoms with Gasteiger partial charge in [0, 0.05) is 17.7 Å². The van der Waals surface area contributed by atoms with Crippen LogP contribution in [0.1, 0.15) is 31.0 Å². The third kappa shape index (κ3) is 6.27. The van der Waals surface area contributed by atoms with E-state index in [2.05, 4.69) is 11.6 Å². The highest BCUT2D eigenvalue weighted by Crippen LogP contribution is 2.28. The lowest BCUT2D eigenvalue weighted by Gasteiger charge is -2.24. The van der Waals surface area contributed by atoms with Crippen molar-refractivity contribution < 1.29 is 24.9 Å². The molecule has 29 heavy (non-hydrogen) atoms. The van der Waals surface area contributed by atoms with Gasteiger partial charge in [-0.25, -0.2) is 4.79 Å². The predicted octanol–water partition coefficient (Wildman–Crippen LogP) is 3.20. The number of ether oxygens (including phenoxy) is 1. The molecule has 2 rings (SSSR count). The monoisotopic (exact) mass is 397 g/mol. The van der Waals surface area contributed by atoms with Gasteiger partial charge in [0.25, 0.3) is 0 Å². The lowest BCUT2D eigenvalue weighted by Crippen LogP contribution is -2.37. The number of hydrogen-bond acceptors (Lipinski definition) is 6. The Balaban J connectivity index is 2.20. The van der Waals surface area contributed by atoms with Crippen molar-refractivity contribution in [2.75, 3.05) is 6.61 Å². The summed E-state index contributed by atoms with van der Waals surface area (Å²) < 4.78 is 4.83. The van der Waals surface area contributed by atoms with E-state index in [1.165, 1.54) is 6.08 Å². The van der Waals surface area contributed by atoms with Gasteiger partial charge in [-0.15, -0.1) is 6.58 Å². The van der Waals surface area contributed by atoms with E-state index in [0.29, 0.717) is 17.7 Å². The summed E-state index contributed by atoms with van der Waals surface area (Å²) in [6.45, 7) is 5.41. The molecule has 0 saturated carbocycles. The first-order valence-electron chi connectivity index (χ1n) is 9.53. The van der Waals surface area contributed by atoms with Crippen LogP contribution in [-0.4, -0.2) is 45.1 Å². The van der Waals surface area contributed by atoms with Gasteiger partial charge in [-0.05, 0) is 49.6 Å². The number of nitrogens with zero attached hydrogens (tertiary/aromatic N) is 1. The van der Waals surface area contributed by atoms with E-state index >= 15 is 0 Å². The van der Waals surface area contributed by atoms with E-state index in [-0.39, 0.29) is 18.8 Å². The van der Waals surface area contributed by atoms with Crippen LogP contribution in [0.4, 0.5) is 0 Å². The number of esters is 1. The van der Waals surface area contributed by atoms with Crippen molar-refractivity contribution in [2.24, 2.45) is 5.92 Å². The van der Waals surface area contributed by atoms with Gasteiger partial charge in [0.05, 0.1) is 18.4 Å². The fourth-order valence-corrected chi connectivity index (χ4v) is 3.00. The summed E-state index contributed by atoms with van der Waals surface area (Å²) in [4.78, 5) is 16.2. The molecule has 3 N–H and O–H groups in total. The highest BCUT2D eigenvalue weighted by Gasteiger charge is 2.30. The number of para-hydroxylation sites is 1. The number of phenols is 1. The summed E-state index contributed by atoms with van der Waals surface area (Å²) in [5.41, 5.74) is 2.15. The number of pyridine rings is 1. The number of hydrogen-bond donors (Lipinski definition) is 3. The van der Waals surface area contributed by atoms with Gasteiger partial charge >= 0.3 is 5.97 Å². The molecule has 0 saturated heterocycles. The average molecular weight is 397 g/mol. The fourth-order valence-electron chi connectivity index (χ4n) is 3.00. The minimum atomic E-state index is -1.48. The summed E-state index contributed by atoms with van der Waals surface area (Å²) in [7, 11) is 0. The molecular formula is C23H27NO5. The smallest absolute Gasteiger partial charge is 0.335 e. The molecule has 154 valence electrons. The number of rotatable bonds is 10. The van der Waals surface area contributed by atoms with Crippen molar-refractivity contribution >= 4 is 17.6 Å². The summed E-state index contributed by atoms with van der Waals surface area (Å²) in [5, 5.41) is 30.8. The summed E-state index contributed by atoms with van der Waals surface area (Å²) in [5.74, 6) is -1.50. The lowest BCUT2D eigenvalue weighted by atomic mass is 9.90. The second-order valence-electron chi connectivity index (χ2n) is 6.56. The molecule has 1 heterocycles. The zero-order valence-corrected chi connectivity index (χ0v) is 16.4. The highest BCUT2D eigenvalue weighted by atomic mass is 16.5. The number of allylic oxidation sites excluding steroid dienone is 1. The molecule has 2 aromatic rings. The molecule has 0 aliphatic heterocycles. The molecule has 0 bridgehead atoms. The fraction of sp³-hybridized carbons (Fsp3) is 0.304. The molecule has 1 aromatic heterocycles. The molecular weight excluding hydrogens is 370 g/mol. The first-order chi connectivity index (χ1) is 14.0. The zero-order chi connectivity index (χ0) is 21.2. The Morgan fingerprint density at radius 3 is 2.55 bits per heavy atom. The minimum Gasteiger partial charge on any atom is -0.507 e. The average Bonchev–Trinajstić information content (AvgIpc) is 2.73. The van der Waals surface area contributed by atoms with Crippen molar-refractivity contribution in [1.82, 2.24) is 4.98 Å². The van der Waals surface area contributed by atoms with E-state index in [1.54, 1.807) is 37.4 Å². The number of aromatic nitrogens is 1. The molecule has 0 amide bonds. The Labute approximate surface area is 170 Å². The van der Waals surface area contributed by atoms with Crippen molar-refractivity contribution in [1.29, 1.82) is 0 Å². The van der Waals surface area contributed by atoms with E-state index < -0.39 is 24.1 Å². The van der Waals surface area contributed by atoms with E-state index in [0.717, 1.165) is 5.57 Å². The third-order valence-electron chi connectivity index (χ3n) is 4.58. The SMILES string of the molecule is C=C[C@H]([C@H](O)CC/C(=C/c1ccccc1O)c1ccccn1)[C@H](O)C(=O)OCC. The van der Waals surface area contributed by atoms with Crippen LogP contribution in [-0.2, 0) is 9.53 Å². The predicted molar refractivity (Wildman–Crippen MR) is 112 cm³/mol. The van der Waals surface area contributed by atoms with Crippen molar-refractivity contribution in [2.45, 2.75) is 32.0 Å². The van der Waals surface area contributed by atoms with Crippen LogP contribution in [0, 0.1) is 5.92 Å². The Kier molecular flexibility index (Phi) is 8.58. The van der Waals surface area contributed by atoms with Crippen LogP contribution >= 0.6 is 0 Å². The van der Waals surface area contributed by atoms with Gasteiger partial charge in [0.15, 0.2) is 6.10 Å². The maximum Gasteiger partial charge on any atom is 0.335 e. The number of carbonyl (C=O) groups excluding carboxylic acids is 1. The van der Waals surface area contributed by atoms with E-state index in [1.807, 2.05) is 24.3 Å². The second-order valence-corrected chi connectivity index (χ2v) is 6.56. The van der Waals surface area contributed by atoms with Gasteiger partial charge in [-0.2, -0.15) is 0 Å². The summed E-state index contributed by atoms with van der Waals surface area (Å²) in [6, 6.07) is 12.4. The molecule has 6 heteroatoms. The second kappa shape index (κ2) is 11.1. The Bertz CT molecular complexity index is 834. The molecule has 0 radical (unpaired) electrons. The van der Waals surface area contributed by atoms with Gasteiger partial charge in [0.2, 0.25) is 0 Å². The minimum absolute atomic E-state index is 0.142. The third-order valence-corrected chi connectivity index (χ3v) is 4.58. The van der Waals surface area contributed by atoms with E-state index in [9.17, 15) is 20.1 Å². The maximum absolute atomic E-state index is 11.8. The van der Waals surface area contributed by atoms with Gasteiger partial charge in [-0.3, -0.25) is 4.98 Å². The van der Waals surface area contributed by atoms with Crippen LogP contribution in [0.3, 0.4) is 0 Å². The molecule has 0 fully saturated rings. The van der Waals surface area contributed by atoms with Gasteiger partial charge < -0.3 is 20.1 Å². The molecule has 0 aliphatic carbocycles. The Hall–Kier alpha value is -2.96. The Morgan fingerprint density at radius 2 is 1.93 bits per heavy atom. The van der Waals surface area contributed by atoms with Crippen LogP contribution in [0.15, 0.2) is 61.3 Å². The molecule has 0 unspecified atom stereocenters. The normalized spacial score (nSPS) is 14.7. The molecule has 0 spiro atoms. The number of carbonyl (C=O) groups is 1. The quantitative estimate of drug-likeness (QED) is 0.421. The van der Waals surface area contributed by atoms with Crippen molar-refractivity contribution in [3.63, 3.8) is 0 Å². The van der Waals surface area contributed by atoms with Crippen LogP contribution in [0.5, 0.6) is 5.75 Å². The van der Waals surface area contributed by atoms with Crippen LogP contribution < -0.4 is 0 Å². The molecule has 1 aromatic carbocycles. The molecule has 3 atom stereocenters. The first-order valence-corrected chi connectivity index (χ1v) is 9.53. The van der Waals surface area contributed by atoms with Gasteiger partial charge in [-0.1, -0.05) is 30.3 Å². The van der Waals surface area contributed by atoms with Crippen LogP contribution in [0.25, 0.3) is 11.6 Å². The largest absolute Gasteiger partial charge is 0.507 e. The van der Waals surface area contributed by atoms with Crippen molar-refractivity contribution in [3.8, 4) is 5.75 Å². The van der Waals surface area contributed by atoms with E-state index in [4.69, 9.17) is 4.74 Å². The van der Waals surface area contributed by atoms with Crippen molar-refractivity contribution in [3.05, 3.63) is 72.6 Å².